The van der Waals surface area contributed by atoms with Crippen molar-refractivity contribution in [3.05, 3.63) is 35.9 Å². The SMILES string of the molecule is CCNNC(=O)c1ccccc1. The Bertz CT molecular complexity index is 246. The topological polar surface area (TPSA) is 41.1 Å². The van der Waals surface area contributed by atoms with E-state index < -0.39 is 0 Å². The molecule has 0 unspecified atom stereocenters. The van der Waals surface area contributed by atoms with Crippen molar-refractivity contribution in [1.82, 2.24) is 10.9 Å². The van der Waals surface area contributed by atoms with E-state index in [-0.39, 0.29) is 5.91 Å². The van der Waals surface area contributed by atoms with E-state index in [1.807, 2.05) is 25.1 Å². The van der Waals surface area contributed by atoms with Crippen LogP contribution < -0.4 is 10.9 Å². The average Bonchev–Trinajstić information content (AvgIpc) is 2.15. The number of carbonyl (C=O) groups is 1. The zero-order valence-electron chi connectivity index (χ0n) is 7.00. The Morgan fingerprint density at radius 3 is 2.58 bits per heavy atom. The van der Waals surface area contributed by atoms with E-state index in [0.29, 0.717) is 5.56 Å². The number of rotatable bonds is 3. The van der Waals surface area contributed by atoms with Crippen LogP contribution in [0.4, 0.5) is 0 Å². The molecule has 0 spiro atoms. The van der Waals surface area contributed by atoms with Crippen molar-refractivity contribution >= 4 is 5.91 Å². The summed E-state index contributed by atoms with van der Waals surface area (Å²) < 4.78 is 0. The Hall–Kier alpha value is -1.35. The molecule has 1 rings (SSSR count). The van der Waals surface area contributed by atoms with Gasteiger partial charge >= 0.3 is 0 Å². The first-order valence-corrected chi connectivity index (χ1v) is 3.93. The molecule has 3 nitrogen and oxygen atoms in total. The van der Waals surface area contributed by atoms with Crippen LogP contribution in [0.15, 0.2) is 30.3 Å². The van der Waals surface area contributed by atoms with E-state index in [9.17, 15) is 4.79 Å². The van der Waals surface area contributed by atoms with Crippen LogP contribution in [0.25, 0.3) is 0 Å². The Balaban J connectivity index is 2.54. The molecule has 1 aromatic rings. The number of benzene rings is 1. The van der Waals surface area contributed by atoms with Crippen LogP contribution in [0, 0.1) is 0 Å². The monoisotopic (exact) mass is 164 g/mol. The fourth-order valence-electron chi connectivity index (χ4n) is 0.830. The maximum absolute atomic E-state index is 11.2. The first-order chi connectivity index (χ1) is 5.84. The second-order valence-electron chi connectivity index (χ2n) is 2.35. The van der Waals surface area contributed by atoms with E-state index in [2.05, 4.69) is 10.9 Å². The van der Waals surface area contributed by atoms with Crippen molar-refractivity contribution in [2.45, 2.75) is 6.92 Å². The van der Waals surface area contributed by atoms with E-state index in [1.54, 1.807) is 12.1 Å². The summed E-state index contributed by atoms with van der Waals surface area (Å²) in [7, 11) is 0. The minimum Gasteiger partial charge on any atom is -0.287 e. The molecule has 0 aliphatic carbocycles. The summed E-state index contributed by atoms with van der Waals surface area (Å²) in [4.78, 5) is 11.2. The predicted octanol–water partition coefficient (Wildman–Crippen LogP) is 0.941. The van der Waals surface area contributed by atoms with Crippen LogP contribution in [0.1, 0.15) is 17.3 Å². The Morgan fingerprint density at radius 1 is 1.33 bits per heavy atom. The molecule has 1 amide bonds. The van der Waals surface area contributed by atoms with Gasteiger partial charge in [-0.2, -0.15) is 0 Å². The summed E-state index contributed by atoms with van der Waals surface area (Å²) in [5.41, 5.74) is 5.97. The molecule has 0 radical (unpaired) electrons. The summed E-state index contributed by atoms with van der Waals surface area (Å²) in [5.74, 6) is -0.0996. The van der Waals surface area contributed by atoms with Gasteiger partial charge in [0.15, 0.2) is 0 Å². The summed E-state index contributed by atoms with van der Waals surface area (Å²) >= 11 is 0. The number of hydrogen-bond donors (Lipinski definition) is 2. The van der Waals surface area contributed by atoms with Gasteiger partial charge in [-0.25, -0.2) is 5.43 Å². The highest BCUT2D eigenvalue weighted by Gasteiger charge is 2.00. The summed E-state index contributed by atoms with van der Waals surface area (Å²) in [6.45, 7) is 2.64. The predicted molar refractivity (Wildman–Crippen MR) is 47.6 cm³/mol. The van der Waals surface area contributed by atoms with Crippen molar-refractivity contribution in [2.24, 2.45) is 0 Å². The molecule has 0 atom stereocenters. The molecule has 64 valence electrons. The van der Waals surface area contributed by atoms with Gasteiger partial charge in [-0.15, -0.1) is 0 Å². The van der Waals surface area contributed by atoms with Gasteiger partial charge < -0.3 is 0 Å². The lowest BCUT2D eigenvalue weighted by atomic mass is 10.2. The maximum Gasteiger partial charge on any atom is 0.265 e. The van der Waals surface area contributed by atoms with Gasteiger partial charge in [-0.1, -0.05) is 25.1 Å². The molecule has 0 fully saturated rings. The second kappa shape index (κ2) is 4.51. The number of carbonyl (C=O) groups excluding carboxylic acids is 1. The van der Waals surface area contributed by atoms with Crippen LogP contribution in [-0.2, 0) is 0 Å². The van der Waals surface area contributed by atoms with Gasteiger partial charge in [-0.3, -0.25) is 10.2 Å². The van der Waals surface area contributed by atoms with Crippen LogP contribution >= 0.6 is 0 Å². The maximum atomic E-state index is 11.2. The standard InChI is InChI=1S/C9H12N2O/c1-2-10-11-9(12)8-6-4-3-5-7-8/h3-7,10H,2H2,1H3,(H,11,12). The molecule has 1 aromatic carbocycles. The molecular weight excluding hydrogens is 152 g/mol. The lowest BCUT2D eigenvalue weighted by molar-refractivity contribution is 0.0934. The summed E-state index contributed by atoms with van der Waals surface area (Å²) in [6, 6.07) is 9.09. The van der Waals surface area contributed by atoms with Gasteiger partial charge in [0, 0.05) is 12.1 Å². The Morgan fingerprint density at radius 2 is 2.00 bits per heavy atom. The zero-order valence-corrected chi connectivity index (χ0v) is 7.00. The zero-order chi connectivity index (χ0) is 8.81. The van der Waals surface area contributed by atoms with Crippen LogP contribution in [-0.4, -0.2) is 12.5 Å². The van der Waals surface area contributed by atoms with Gasteiger partial charge in [0.05, 0.1) is 0 Å². The molecule has 12 heavy (non-hydrogen) atoms. The lowest BCUT2D eigenvalue weighted by Gasteiger charge is -2.03. The fraction of sp³-hybridized carbons (Fsp3) is 0.222. The molecular formula is C9H12N2O. The van der Waals surface area contributed by atoms with Crippen molar-refractivity contribution in [2.75, 3.05) is 6.54 Å². The highest BCUT2D eigenvalue weighted by molar-refractivity contribution is 5.93. The molecule has 0 heterocycles. The highest BCUT2D eigenvalue weighted by atomic mass is 16.2. The average molecular weight is 164 g/mol. The number of hydrogen-bond acceptors (Lipinski definition) is 2. The number of hydrazine groups is 1. The quantitative estimate of drug-likeness (QED) is 0.653. The normalized spacial score (nSPS) is 9.42. The Labute approximate surface area is 71.8 Å². The fourth-order valence-corrected chi connectivity index (χ4v) is 0.830. The molecule has 0 saturated heterocycles. The molecule has 0 aromatic heterocycles. The number of nitrogens with one attached hydrogen (secondary N) is 2. The van der Waals surface area contributed by atoms with E-state index in [4.69, 9.17) is 0 Å². The molecule has 0 aliphatic rings. The van der Waals surface area contributed by atoms with Crippen LogP contribution in [0.3, 0.4) is 0 Å². The third kappa shape index (κ3) is 2.36. The third-order valence-corrected chi connectivity index (χ3v) is 1.41. The van der Waals surface area contributed by atoms with E-state index in [1.165, 1.54) is 0 Å². The Kier molecular flexibility index (Phi) is 3.29. The van der Waals surface area contributed by atoms with Crippen molar-refractivity contribution in [1.29, 1.82) is 0 Å². The van der Waals surface area contributed by atoms with Gasteiger partial charge in [0.25, 0.3) is 5.91 Å². The minimum absolute atomic E-state index is 0.0996. The minimum atomic E-state index is -0.0996. The first kappa shape index (κ1) is 8.74. The van der Waals surface area contributed by atoms with Gasteiger partial charge in [0.2, 0.25) is 0 Å². The van der Waals surface area contributed by atoms with Crippen molar-refractivity contribution in [3.8, 4) is 0 Å². The first-order valence-electron chi connectivity index (χ1n) is 3.93. The lowest BCUT2D eigenvalue weighted by Crippen LogP contribution is -2.36. The second-order valence-corrected chi connectivity index (χ2v) is 2.35. The van der Waals surface area contributed by atoms with Gasteiger partial charge in [-0.05, 0) is 12.1 Å². The highest BCUT2D eigenvalue weighted by Crippen LogP contribution is 1.96. The van der Waals surface area contributed by atoms with Crippen LogP contribution in [0.5, 0.6) is 0 Å². The van der Waals surface area contributed by atoms with E-state index >= 15 is 0 Å². The molecule has 2 N–H and O–H groups in total. The van der Waals surface area contributed by atoms with E-state index in [0.717, 1.165) is 6.54 Å². The molecule has 0 saturated carbocycles. The largest absolute Gasteiger partial charge is 0.287 e. The van der Waals surface area contributed by atoms with Crippen molar-refractivity contribution in [3.63, 3.8) is 0 Å². The molecule has 3 heteroatoms. The molecule has 0 aliphatic heterocycles. The summed E-state index contributed by atoms with van der Waals surface area (Å²) in [6.07, 6.45) is 0. The van der Waals surface area contributed by atoms with Gasteiger partial charge in [0.1, 0.15) is 0 Å². The smallest absolute Gasteiger partial charge is 0.265 e. The third-order valence-electron chi connectivity index (χ3n) is 1.41. The number of amides is 1. The summed E-state index contributed by atoms with van der Waals surface area (Å²) in [5, 5.41) is 0. The van der Waals surface area contributed by atoms with Crippen molar-refractivity contribution < 1.29 is 4.79 Å². The molecule has 0 bridgehead atoms. The van der Waals surface area contributed by atoms with Crippen LogP contribution in [0.2, 0.25) is 0 Å².